The van der Waals surface area contributed by atoms with Gasteiger partial charge in [-0.05, 0) is 85.5 Å². The van der Waals surface area contributed by atoms with Crippen LogP contribution >= 0.6 is 0 Å². The predicted octanol–water partition coefficient (Wildman–Crippen LogP) is 5.22. The largest absolute Gasteiger partial charge is 0.508 e. The number of carbonyl (C=O) groups excluding carboxylic acids is 4. The van der Waals surface area contributed by atoms with Crippen molar-refractivity contribution in [3.8, 4) is 34.6 Å². The average molecular weight is 747 g/mol. The van der Waals surface area contributed by atoms with E-state index in [0.29, 0.717) is 52.6 Å². The molecular formula is C40H42N8O7. The first-order valence-electron chi connectivity index (χ1n) is 18.6. The molecule has 15 nitrogen and oxygen atoms in total. The Bertz CT molecular complexity index is 2360. The molecule has 0 radical (unpaired) electrons. The van der Waals surface area contributed by atoms with Crippen LogP contribution in [0.4, 0.5) is 10.5 Å². The van der Waals surface area contributed by atoms with Crippen LogP contribution < -0.4 is 10.6 Å². The first-order valence-corrected chi connectivity index (χ1v) is 18.6. The molecule has 2 fully saturated rings. The van der Waals surface area contributed by atoms with Crippen LogP contribution in [-0.2, 0) is 22.7 Å². The van der Waals surface area contributed by atoms with Gasteiger partial charge in [0.25, 0.3) is 5.91 Å². The quantitative estimate of drug-likeness (QED) is 0.132. The Morgan fingerprint density at radius 1 is 0.945 bits per heavy atom. The van der Waals surface area contributed by atoms with Crippen molar-refractivity contribution in [2.75, 3.05) is 18.4 Å². The van der Waals surface area contributed by atoms with Crippen molar-refractivity contribution >= 4 is 40.3 Å². The van der Waals surface area contributed by atoms with Gasteiger partial charge in [-0.2, -0.15) is 0 Å². The number of phenols is 2. The van der Waals surface area contributed by atoms with Gasteiger partial charge in [-0.1, -0.05) is 25.0 Å². The number of phenolic OH excluding ortho intramolecular Hbond substituents is 2. The third kappa shape index (κ3) is 6.59. The van der Waals surface area contributed by atoms with Crippen LogP contribution in [0.25, 0.3) is 28.0 Å². The van der Waals surface area contributed by atoms with Crippen LogP contribution in [0.2, 0.25) is 0 Å². The fraction of sp³-hybridized carbons (Fsp3) is 0.350. The topological polar surface area (TPSA) is 195 Å². The summed E-state index contributed by atoms with van der Waals surface area (Å²) in [5.41, 5.74) is 4.28. The number of anilines is 1. The summed E-state index contributed by atoms with van der Waals surface area (Å²) in [4.78, 5) is 54.0. The third-order valence-electron chi connectivity index (χ3n) is 11.2. The molecule has 2 saturated heterocycles. The number of imide groups is 1. The molecule has 0 spiro atoms. The number of fused-ring (bicyclic) bond motifs is 2. The molecule has 3 aromatic carbocycles. The standard InChI is InChI=1S/C40H42N8O7/c1-22(2)27-19-28(34(50)20-33(27)49)36-43-44-40(55)48(36)25-6-7-31-24(18-25)13-17-45(31)14-10-23-11-15-46(16-12-23)39(54)41-30-5-3-4-26-29(30)21-47(38(26)53)32-8-9-35(51)42-37(32)52/h3-7,13,17-20,22-23,32,49-50H,8-12,14-16,21H2,1-2H3,(H,41,54)(H,44,55)(H,42,51,52). The van der Waals surface area contributed by atoms with Crippen molar-refractivity contribution in [3.05, 3.63) is 77.5 Å². The minimum absolute atomic E-state index is 0.00899. The van der Waals surface area contributed by atoms with E-state index in [9.17, 15) is 34.5 Å². The molecule has 1 atom stereocenters. The molecule has 5 N–H and O–H groups in total. The zero-order valence-corrected chi connectivity index (χ0v) is 30.5. The summed E-state index contributed by atoms with van der Waals surface area (Å²) in [7, 11) is 0. The number of hydrogen-bond donors (Lipinski definition) is 5. The zero-order chi connectivity index (χ0) is 38.5. The smallest absolute Gasteiger partial charge is 0.321 e. The number of amides is 5. The lowest BCUT2D eigenvalue weighted by molar-refractivity contribution is -0.136. The highest BCUT2D eigenvalue weighted by Gasteiger charge is 2.40. The predicted molar refractivity (Wildman–Crippen MR) is 202 cm³/mol. The van der Waals surface area contributed by atoms with Crippen LogP contribution in [0.3, 0.4) is 0 Å². The summed E-state index contributed by atoms with van der Waals surface area (Å²) >= 11 is 0. The number of carbonyl (C=O) groups is 4. The molecule has 3 aliphatic heterocycles. The van der Waals surface area contributed by atoms with Gasteiger partial charge in [-0.15, -0.1) is 5.10 Å². The molecule has 1 unspecified atom stereocenters. The Hall–Kier alpha value is -6.38. The van der Waals surface area contributed by atoms with Crippen molar-refractivity contribution in [3.63, 3.8) is 0 Å². The molecule has 5 heterocycles. The number of nitrogens with zero attached hydrogens (tertiary/aromatic N) is 6. The molecule has 8 rings (SSSR count). The monoisotopic (exact) mass is 746 g/mol. The summed E-state index contributed by atoms with van der Waals surface area (Å²) < 4.78 is 3.67. The van der Waals surface area contributed by atoms with Gasteiger partial charge in [-0.25, -0.2) is 9.36 Å². The lowest BCUT2D eigenvalue weighted by atomic mass is 9.93. The minimum Gasteiger partial charge on any atom is -0.508 e. The SMILES string of the molecule is CC(C)c1cc(-c2nnc(O)n2-c2ccc3c(ccn3CCC3CCN(C(=O)Nc4cccc5c4CN(C4CCC(=O)NC4=O)C5=O)CC3)c2)c(O)cc1O. The summed E-state index contributed by atoms with van der Waals surface area (Å²) in [6.45, 7) is 6.04. The number of aromatic nitrogens is 4. The molecule has 5 amide bonds. The number of likely N-dealkylation sites (tertiary alicyclic amines) is 1. The van der Waals surface area contributed by atoms with E-state index in [0.717, 1.165) is 36.7 Å². The van der Waals surface area contributed by atoms with Crippen LogP contribution in [0.15, 0.2) is 60.8 Å². The Morgan fingerprint density at radius 2 is 1.75 bits per heavy atom. The third-order valence-corrected chi connectivity index (χ3v) is 11.2. The number of rotatable bonds is 8. The second-order valence-electron chi connectivity index (χ2n) is 14.9. The maximum atomic E-state index is 13.4. The second kappa shape index (κ2) is 14.1. The van der Waals surface area contributed by atoms with Crippen LogP contribution in [0.1, 0.15) is 73.4 Å². The Kier molecular flexibility index (Phi) is 9.15. The van der Waals surface area contributed by atoms with E-state index < -0.39 is 11.9 Å². The first-order chi connectivity index (χ1) is 26.5. The van der Waals surface area contributed by atoms with Gasteiger partial charge in [0.2, 0.25) is 11.8 Å². The van der Waals surface area contributed by atoms with Crippen molar-refractivity contribution in [2.24, 2.45) is 5.92 Å². The maximum Gasteiger partial charge on any atom is 0.321 e. The molecule has 0 bridgehead atoms. The molecular weight excluding hydrogens is 704 g/mol. The molecule has 0 saturated carbocycles. The maximum absolute atomic E-state index is 13.4. The van der Waals surface area contributed by atoms with Gasteiger partial charge in [0.05, 0.1) is 11.3 Å². The van der Waals surface area contributed by atoms with Gasteiger partial charge < -0.3 is 35.0 Å². The molecule has 284 valence electrons. The van der Waals surface area contributed by atoms with E-state index in [1.807, 2.05) is 44.3 Å². The van der Waals surface area contributed by atoms with Crippen molar-refractivity contribution in [1.82, 2.24) is 34.4 Å². The van der Waals surface area contributed by atoms with Gasteiger partial charge in [0, 0.05) is 72.6 Å². The number of aryl methyl sites for hydroxylation is 1. The highest BCUT2D eigenvalue weighted by molar-refractivity contribution is 6.06. The summed E-state index contributed by atoms with van der Waals surface area (Å²) in [5, 5.41) is 46.0. The summed E-state index contributed by atoms with van der Waals surface area (Å²) in [5.74, 6) is -0.628. The zero-order valence-electron chi connectivity index (χ0n) is 30.5. The fourth-order valence-corrected chi connectivity index (χ4v) is 8.09. The van der Waals surface area contributed by atoms with Gasteiger partial charge in [-0.3, -0.25) is 19.7 Å². The average Bonchev–Trinajstić information content (AvgIpc) is 3.85. The van der Waals surface area contributed by atoms with Gasteiger partial charge >= 0.3 is 12.0 Å². The lowest BCUT2D eigenvalue weighted by Gasteiger charge is -2.32. The normalized spacial score (nSPS) is 17.7. The Morgan fingerprint density at radius 3 is 2.51 bits per heavy atom. The lowest BCUT2D eigenvalue weighted by Crippen LogP contribution is -2.52. The van der Waals surface area contributed by atoms with E-state index in [4.69, 9.17) is 0 Å². The molecule has 3 aliphatic rings. The van der Waals surface area contributed by atoms with Gasteiger partial charge in [0.15, 0.2) is 5.82 Å². The van der Waals surface area contributed by atoms with E-state index in [1.54, 1.807) is 29.2 Å². The second-order valence-corrected chi connectivity index (χ2v) is 14.9. The van der Waals surface area contributed by atoms with Crippen molar-refractivity contribution < 1.29 is 34.5 Å². The molecule has 5 aromatic rings. The summed E-state index contributed by atoms with van der Waals surface area (Å²) in [6.07, 6.45) is 5.12. The number of hydrogen-bond acceptors (Lipinski definition) is 9. The van der Waals surface area contributed by atoms with Crippen molar-refractivity contribution in [1.29, 1.82) is 0 Å². The number of aromatic hydroxyl groups is 3. The highest BCUT2D eigenvalue weighted by Crippen LogP contribution is 2.39. The van der Waals surface area contributed by atoms with Crippen LogP contribution in [-0.4, -0.2) is 87.3 Å². The fourth-order valence-electron chi connectivity index (χ4n) is 8.09. The molecule has 15 heteroatoms. The minimum atomic E-state index is -0.725. The number of piperidine rings is 2. The molecule has 0 aliphatic carbocycles. The van der Waals surface area contributed by atoms with E-state index in [-0.39, 0.29) is 66.5 Å². The summed E-state index contributed by atoms with van der Waals surface area (Å²) in [6, 6.07) is 14.7. The Labute approximate surface area is 316 Å². The Balaban J connectivity index is 0.886. The molecule has 2 aromatic heterocycles. The van der Waals surface area contributed by atoms with E-state index in [1.165, 1.54) is 15.5 Å². The number of urea groups is 1. The first kappa shape index (κ1) is 35.6. The van der Waals surface area contributed by atoms with Crippen molar-refractivity contribution in [2.45, 2.75) is 71.0 Å². The number of benzene rings is 3. The number of nitrogens with one attached hydrogen (secondary N) is 2. The molecule has 55 heavy (non-hydrogen) atoms. The van der Waals surface area contributed by atoms with Crippen LogP contribution in [0.5, 0.6) is 17.5 Å². The van der Waals surface area contributed by atoms with E-state index >= 15 is 0 Å². The highest BCUT2D eigenvalue weighted by atomic mass is 16.3. The van der Waals surface area contributed by atoms with E-state index in [2.05, 4.69) is 25.4 Å². The van der Waals surface area contributed by atoms with Gasteiger partial charge in [0.1, 0.15) is 17.5 Å². The van der Waals surface area contributed by atoms with Crippen LogP contribution in [0, 0.1) is 5.92 Å².